The van der Waals surface area contributed by atoms with Crippen LogP contribution in [0.5, 0.6) is 11.5 Å². The summed E-state index contributed by atoms with van der Waals surface area (Å²) in [5.41, 5.74) is 2.23. The lowest BCUT2D eigenvalue weighted by atomic mass is 10.1. The smallest absolute Gasteiger partial charge is 0.220 e. The Morgan fingerprint density at radius 1 is 1.04 bits per heavy atom. The molecule has 2 rings (SSSR count). The van der Waals surface area contributed by atoms with E-state index in [1.54, 1.807) is 14.2 Å². The molecule has 0 bridgehead atoms. The number of carbonyl (C=O) groups is 1. The number of carbonyl (C=O) groups excluding carboxylic acids is 1. The Labute approximate surface area is 161 Å². The number of amides is 1. The van der Waals surface area contributed by atoms with Gasteiger partial charge in [-0.05, 0) is 43.0 Å². The van der Waals surface area contributed by atoms with Crippen molar-refractivity contribution < 1.29 is 19.0 Å². The van der Waals surface area contributed by atoms with Gasteiger partial charge in [0.25, 0.3) is 0 Å². The number of ether oxygens (including phenoxy) is 3. The van der Waals surface area contributed by atoms with E-state index in [-0.39, 0.29) is 11.9 Å². The fraction of sp³-hybridized carbons (Fsp3) is 0.409. The molecule has 0 saturated carbocycles. The van der Waals surface area contributed by atoms with Gasteiger partial charge in [-0.3, -0.25) is 4.79 Å². The SMILES string of the molecule is COCCOc1ccc(C(C)NC(=O)CCCc2ccccc2)cc1OC. The Hall–Kier alpha value is -2.53. The number of aryl methyl sites for hydroxylation is 1. The average molecular weight is 371 g/mol. The highest BCUT2D eigenvalue weighted by atomic mass is 16.5. The predicted molar refractivity (Wildman–Crippen MR) is 106 cm³/mol. The van der Waals surface area contributed by atoms with Crippen molar-refractivity contribution in [1.82, 2.24) is 5.32 Å². The van der Waals surface area contributed by atoms with E-state index in [0.29, 0.717) is 31.1 Å². The van der Waals surface area contributed by atoms with Crippen LogP contribution in [0.15, 0.2) is 48.5 Å². The summed E-state index contributed by atoms with van der Waals surface area (Å²) >= 11 is 0. The van der Waals surface area contributed by atoms with Gasteiger partial charge in [-0.25, -0.2) is 0 Å². The van der Waals surface area contributed by atoms with Crippen molar-refractivity contribution in [2.45, 2.75) is 32.2 Å². The zero-order chi connectivity index (χ0) is 19.5. The number of methoxy groups -OCH3 is 2. The van der Waals surface area contributed by atoms with E-state index in [9.17, 15) is 4.79 Å². The van der Waals surface area contributed by atoms with Gasteiger partial charge in [0, 0.05) is 13.5 Å². The minimum atomic E-state index is -0.101. The zero-order valence-corrected chi connectivity index (χ0v) is 16.4. The molecule has 2 aromatic carbocycles. The summed E-state index contributed by atoms with van der Waals surface area (Å²) in [6.45, 7) is 2.94. The molecule has 5 heteroatoms. The second-order valence-electron chi connectivity index (χ2n) is 6.38. The second-order valence-corrected chi connectivity index (χ2v) is 6.38. The fourth-order valence-electron chi connectivity index (χ4n) is 2.80. The van der Waals surface area contributed by atoms with E-state index in [0.717, 1.165) is 18.4 Å². The lowest BCUT2D eigenvalue weighted by Gasteiger charge is -2.17. The highest BCUT2D eigenvalue weighted by Gasteiger charge is 2.13. The third-order valence-electron chi connectivity index (χ3n) is 4.32. The lowest BCUT2D eigenvalue weighted by Crippen LogP contribution is -2.26. The predicted octanol–water partition coefficient (Wildman–Crippen LogP) is 3.92. The van der Waals surface area contributed by atoms with Crippen LogP contribution in [-0.4, -0.2) is 33.3 Å². The Balaban J connectivity index is 1.84. The Kier molecular flexibility index (Phi) is 8.65. The molecule has 27 heavy (non-hydrogen) atoms. The van der Waals surface area contributed by atoms with Crippen molar-refractivity contribution in [2.75, 3.05) is 27.4 Å². The second kappa shape index (κ2) is 11.2. The quantitative estimate of drug-likeness (QED) is 0.608. The van der Waals surface area contributed by atoms with Gasteiger partial charge in [0.2, 0.25) is 5.91 Å². The summed E-state index contributed by atoms with van der Waals surface area (Å²) in [4.78, 5) is 12.2. The largest absolute Gasteiger partial charge is 0.493 e. The maximum absolute atomic E-state index is 12.2. The summed E-state index contributed by atoms with van der Waals surface area (Å²) in [5, 5.41) is 3.05. The van der Waals surface area contributed by atoms with Crippen molar-refractivity contribution in [3.8, 4) is 11.5 Å². The maximum Gasteiger partial charge on any atom is 0.220 e. The molecule has 0 heterocycles. The summed E-state index contributed by atoms with van der Waals surface area (Å²) in [5.74, 6) is 1.37. The zero-order valence-electron chi connectivity index (χ0n) is 16.4. The number of benzene rings is 2. The van der Waals surface area contributed by atoms with Crippen LogP contribution in [0.25, 0.3) is 0 Å². The monoisotopic (exact) mass is 371 g/mol. The van der Waals surface area contributed by atoms with Gasteiger partial charge in [-0.15, -0.1) is 0 Å². The van der Waals surface area contributed by atoms with Crippen molar-refractivity contribution in [2.24, 2.45) is 0 Å². The van der Waals surface area contributed by atoms with Gasteiger partial charge in [0.05, 0.1) is 19.8 Å². The lowest BCUT2D eigenvalue weighted by molar-refractivity contribution is -0.121. The molecule has 146 valence electrons. The molecule has 0 radical (unpaired) electrons. The van der Waals surface area contributed by atoms with Crippen LogP contribution in [-0.2, 0) is 16.0 Å². The van der Waals surface area contributed by atoms with E-state index in [4.69, 9.17) is 14.2 Å². The molecule has 0 saturated heterocycles. The Morgan fingerprint density at radius 2 is 1.81 bits per heavy atom. The van der Waals surface area contributed by atoms with Crippen LogP contribution in [0, 0.1) is 0 Å². The van der Waals surface area contributed by atoms with Crippen molar-refractivity contribution >= 4 is 5.91 Å². The third-order valence-corrected chi connectivity index (χ3v) is 4.32. The maximum atomic E-state index is 12.2. The minimum absolute atomic E-state index is 0.0535. The molecule has 2 aromatic rings. The molecule has 1 amide bonds. The summed E-state index contributed by atoms with van der Waals surface area (Å²) in [6.07, 6.45) is 2.25. The first-order chi connectivity index (χ1) is 13.1. The van der Waals surface area contributed by atoms with Gasteiger partial charge in [-0.1, -0.05) is 36.4 Å². The molecule has 0 aliphatic rings. The normalized spacial score (nSPS) is 11.7. The molecule has 5 nitrogen and oxygen atoms in total. The van der Waals surface area contributed by atoms with Crippen molar-refractivity contribution in [3.05, 3.63) is 59.7 Å². The van der Waals surface area contributed by atoms with E-state index in [1.165, 1.54) is 5.56 Å². The molecule has 0 aliphatic carbocycles. The average Bonchev–Trinajstić information content (AvgIpc) is 2.69. The van der Waals surface area contributed by atoms with Gasteiger partial charge >= 0.3 is 0 Å². The number of hydrogen-bond acceptors (Lipinski definition) is 4. The van der Waals surface area contributed by atoms with E-state index in [1.807, 2.05) is 43.3 Å². The topological polar surface area (TPSA) is 56.8 Å². The van der Waals surface area contributed by atoms with E-state index >= 15 is 0 Å². The van der Waals surface area contributed by atoms with Crippen LogP contribution in [0.3, 0.4) is 0 Å². The summed E-state index contributed by atoms with van der Waals surface area (Å²) in [7, 11) is 3.24. The summed E-state index contributed by atoms with van der Waals surface area (Å²) < 4.78 is 16.0. The highest BCUT2D eigenvalue weighted by Crippen LogP contribution is 2.30. The first kappa shape index (κ1) is 20.8. The van der Waals surface area contributed by atoms with E-state index < -0.39 is 0 Å². The first-order valence-electron chi connectivity index (χ1n) is 9.27. The molecule has 1 atom stereocenters. The Morgan fingerprint density at radius 3 is 2.52 bits per heavy atom. The molecule has 0 fully saturated rings. The molecule has 0 aromatic heterocycles. The molecular formula is C22H29NO4. The van der Waals surface area contributed by atoms with Gasteiger partial charge < -0.3 is 19.5 Å². The molecule has 1 N–H and O–H groups in total. The molecule has 1 unspecified atom stereocenters. The van der Waals surface area contributed by atoms with Gasteiger partial charge in [0.1, 0.15) is 6.61 Å². The molecule has 0 aliphatic heterocycles. The van der Waals surface area contributed by atoms with Crippen LogP contribution in [0.2, 0.25) is 0 Å². The highest BCUT2D eigenvalue weighted by molar-refractivity contribution is 5.76. The van der Waals surface area contributed by atoms with Crippen molar-refractivity contribution in [3.63, 3.8) is 0 Å². The fourth-order valence-corrected chi connectivity index (χ4v) is 2.80. The molecular weight excluding hydrogens is 342 g/mol. The minimum Gasteiger partial charge on any atom is -0.493 e. The molecule has 0 spiro atoms. The standard InChI is InChI=1S/C22H29NO4/c1-17(23-22(24)11-7-10-18-8-5-4-6-9-18)19-12-13-20(21(16-19)26-3)27-15-14-25-2/h4-6,8-9,12-13,16-17H,7,10-11,14-15H2,1-3H3,(H,23,24). The first-order valence-corrected chi connectivity index (χ1v) is 9.27. The third kappa shape index (κ3) is 6.94. The Bertz CT molecular complexity index is 703. The van der Waals surface area contributed by atoms with Crippen LogP contribution in [0.1, 0.15) is 36.9 Å². The van der Waals surface area contributed by atoms with Gasteiger partial charge in [0.15, 0.2) is 11.5 Å². The van der Waals surface area contributed by atoms with Crippen LogP contribution >= 0.6 is 0 Å². The van der Waals surface area contributed by atoms with Crippen LogP contribution in [0.4, 0.5) is 0 Å². The van der Waals surface area contributed by atoms with Crippen molar-refractivity contribution in [1.29, 1.82) is 0 Å². The van der Waals surface area contributed by atoms with Gasteiger partial charge in [-0.2, -0.15) is 0 Å². The van der Waals surface area contributed by atoms with Crippen LogP contribution < -0.4 is 14.8 Å². The number of hydrogen-bond donors (Lipinski definition) is 1. The summed E-state index contributed by atoms with van der Waals surface area (Å²) in [6, 6.07) is 15.8. The number of nitrogens with one attached hydrogen (secondary N) is 1. The van der Waals surface area contributed by atoms with E-state index in [2.05, 4.69) is 17.4 Å². The number of rotatable bonds is 11.